The molecular weight excluding hydrogens is 264 g/mol. The maximum absolute atomic E-state index is 12.0. The minimum Gasteiger partial charge on any atom is -0.497 e. The van der Waals surface area contributed by atoms with Crippen molar-refractivity contribution in [3.63, 3.8) is 0 Å². The van der Waals surface area contributed by atoms with Gasteiger partial charge in [0.15, 0.2) is 0 Å². The van der Waals surface area contributed by atoms with Gasteiger partial charge in [-0.2, -0.15) is 0 Å². The normalized spacial score (nSPS) is 17.0. The van der Waals surface area contributed by atoms with E-state index in [-0.39, 0.29) is 17.9 Å². The zero-order chi connectivity index (χ0) is 15.2. The minimum absolute atomic E-state index is 0.180. The van der Waals surface area contributed by atoms with E-state index in [2.05, 4.69) is 22.3 Å². The monoisotopic (exact) mass is 290 g/mol. The third kappa shape index (κ3) is 4.74. The van der Waals surface area contributed by atoms with Crippen LogP contribution in [0, 0.1) is 5.92 Å². The zero-order valence-corrected chi connectivity index (χ0v) is 13.3. The van der Waals surface area contributed by atoms with Crippen molar-refractivity contribution in [2.75, 3.05) is 20.2 Å². The number of ether oxygens (including phenoxy) is 1. The van der Waals surface area contributed by atoms with Crippen LogP contribution in [0.15, 0.2) is 24.3 Å². The number of carbonyl (C=O) groups is 1. The molecule has 0 unspecified atom stereocenters. The number of methoxy groups -OCH3 is 1. The van der Waals surface area contributed by atoms with Crippen molar-refractivity contribution in [2.24, 2.45) is 5.92 Å². The van der Waals surface area contributed by atoms with Crippen LogP contribution in [0.3, 0.4) is 0 Å². The third-order valence-electron chi connectivity index (χ3n) is 3.95. The second kappa shape index (κ2) is 7.46. The van der Waals surface area contributed by atoms with Crippen molar-refractivity contribution in [1.82, 2.24) is 10.2 Å². The first-order valence-electron chi connectivity index (χ1n) is 7.74. The smallest absolute Gasteiger partial charge is 0.223 e. The Bertz CT molecular complexity index is 448. The van der Waals surface area contributed by atoms with Crippen molar-refractivity contribution in [1.29, 1.82) is 0 Å². The summed E-state index contributed by atoms with van der Waals surface area (Å²) in [6.07, 6.45) is 1.91. The molecule has 1 aliphatic heterocycles. The summed E-state index contributed by atoms with van der Waals surface area (Å²) in [5, 5.41) is 3.02. The van der Waals surface area contributed by atoms with E-state index in [1.165, 1.54) is 5.56 Å². The predicted molar refractivity (Wildman–Crippen MR) is 84.3 cm³/mol. The van der Waals surface area contributed by atoms with Crippen LogP contribution in [0.1, 0.15) is 32.3 Å². The molecule has 0 aromatic heterocycles. The van der Waals surface area contributed by atoms with E-state index in [4.69, 9.17) is 4.74 Å². The summed E-state index contributed by atoms with van der Waals surface area (Å²) in [5.74, 6) is 1.29. The third-order valence-corrected chi connectivity index (χ3v) is 3.95. The van der Waals surface area contributed by atoms with Gasteiger partial charge in [-0.1, -0.05) is 12.1 Å². The summed E-state index contributed by atoms with van der Waals surface area (Å²) in [6.45, 7) is 6.94. The fourth-order valence-electron chi connectivity index (χ4n) is 2.74. The molecule has 0 aliphatic carbocycles. The summed E-state index contributed by atoms with van der Waals surface area (Å²) >= 11 is 0. The average Bonchev–Trinajstić information content (AvgIpc) is 2.48. The Kier molecular flexibility index (Phi) is 5.62. The molecular formula is C17H26N2O2. The van der Waals surface area contributed by atoms with E-state index in [0.29, 0.717) is 0 Å². The van der Waals surface area contributed by atoms with Crippen LogP contribution < -0.4 is 10.1 Å². The molecule has 0 saturated carbocycles. The fourth-order valence-corrected chi connectivity index (χ4v) is 2.74. The number of nitrogens with one attached hydrogen (secondary N) is 1. The standard InChI is InChI=1S/C17H26N2O2/c1-13(2)18-17(20)15-8-10-19(11-9-15)12-14-4-6-16(21-3)7-5-14/h4-7,13,15H,8-12H2,1-3H3,(H,18,20). The molecule has 116 valence electrons. The summed E-state index contributed by atoms with van der Waals surface area (Å²) in [5.41, 5.74) is 1.29. The number of benzene rings is 1. The molecule has 0 bridgehead atoms. The molecule has 1 aromatic carbocycles. The quantitative estimate of drug-likeness (QED) is 0.905. The summed E-state index contributed by atoms with van der Waals surface area (Å²) < 4.78 is 5.17. The van der Waals surface area contributed by atoms with Gasteiger partial charge in [-0.05, 0) is 57.5 Å². The summed E-state index contributed by atoms with van der Waals surface area (Å²) in [6, 6.07) is 8.44. The SMILES string of the molecule is COc1ccc(CN2CCC(C(=O)NC(C)C)CC2)cc1. The lowest BCUT2D eigenvalue weighted by atomic mass is 9.95. The molecule has 0 radical (unpaired) electrons. The molecule has 1 aliphatic rings. The molecule has 1 fully saturated rings. The Labute approximate surface area is 127 Å². The lowest BCUT2D eigenvalue weighted by Crippen LogP contribution is -2.42. The lowest BCUT2D eigenvalue weighted by molar-refractivity contribution is -0.127. The van der Waals surface area contributed by atoms with Gasteiger partial charge in [-0.3, -0.25) is 9.69 Å². The number of hydrogen-bond acceptors (Lipinski definition) is 3. The molecule has 0 spiro atoms. The van der Waals surface area contributed by atoms with Gasteiger partial charge in [0.05, 0.1) is 7.11 Å². The Hall–Kier alpha value is -1.55. The number of rotatable bonds is 5. The molecule has 0 atom stereocenters. The number of likely N-dealkylation sites (tertiary alicyclic amines) is 1. The van der Waals surface area contributed by atoms with Crippen LogP contribution in [0.25, 0.3) is 0 Å². The van der Waals surface area contributed by atoms with E-state index in [1.54, 1.807) is 7.11 Å². The van der Waals surface area contributed by atoms with Crippen molar-refractivity contribution >= 4 is 5.91 Å². The Morgan fingerprint density at radius 3 is 2.43 bits per heavy atom. The van der Waals surface area contributed by atoms with E-state index in [1.807, 2.05) is 26.0 Å². The fraction of sp³-hybridized carbons (Fsp3) is 0.588. The Morgan fingerprint density at radius 2 is 1.90 bits per heavy atom. The minimum atomic E-state index is 0.180. The first kappa shape index (κ1) is 15.8. The first-order valence-corrected chi connectivity index (χ1v) is 7.74. The molecule has 1 saturated heterocycles. The van der Waals surface area contributed by atoms with E-state index >= 15 is 0 Å². The second-order valence-corrected chi connectivity index (χ2v) is 6.06. The van der Waals surface area contributed by atoms with Gasteiger partial charge in [0.25, 0.3) is 0 Å². The van der Waals surface area contributed by atoms with Gasteiger partial charge in [0.2, 0.25) is 5.91 Å². The van der Waals surface area contributed by atoms with Crippen molar-refractivity contribution < 1.29 is 9.53 Å². The maximum atomic E-state index is 12.0. The molecule has 1 amide bonds. The molecule has 1 aromatic rings. The van der Waals surface area contributed by atoms with Gasteiger partial charge >= 0.3 is 0 Å². The van der Waals surface area contributed by atoms with Crippen LogP contribution in [0.4, 0.5) is 0 Å². The highest BCUT2D eigenvalue weighted by molar-refractivity contribution is 5.78. The van der Waals surface area contributed by atoms with Gasteiger partial charge < -0.3 is 10.1 Å². The molecule has 4 heteroatoms. The number of nitrogens with zero attached hydrogens (tertiary/aromatic N) is 1. The summed E-state index contributed by atoms with van der Waals surface area (Å²) in [4.78, 5) is 14.4. The predicted octanol–water partition coefficient (Wildman–Crippen LogP) is 2.43. The maximum Gasteiger partial charge on any atom is 0.223 e. The van der Waals surface area contributed by atoms with E-state index < -0.39 is 0 Å². The largest absolute Gasteiger partial charge is 0.497 e. The van der Waals surface area contributed by atoms with Crippen molar-refractivity contribution in [3.05, 3.63) is 29.8 Å². The van der Waals surface area contributed by atoms with Crippen LogP contribution in [0.2, 0.25) is 0 Å². The van der Waals surface area contributed by atoms with Gasteiger partial charge in [-0.25, -0.2) is 0 Å². The van der Waals surface area contributed by atoms with Gasteiger partial charge in [-0.15, -0.1) is 0 Å². The van der Waals surface area contributed by atoms with Crippen molar-refractivity contribution in [3.8, 4) is 5.75 Å². The Morgan fingerprint density at radius 1 is 1.29 bits per heavy atom. The molecule has 4 nitrogen and oxygen atoms in total. The molecule has 1 heterocycles. The van der Waals surface area contributed by atoms with Crippen LogP contribution in [-0.2, 0) is 11.3 Å². The second-order valence-electron chi connectivity index (χ2n) is 6.06. The highest BCUT2D eigenvalue weighted by Gasteiger charge is 2.25. The molecule has 2 rings (SSSR count). The van der Waals surface area contributed by atoms with Gasteiger partial charge in [0.1, 0.15) is 5.75 Å². The van der Waals surface area contributed by atoms with Crippen LogP contribution in [0.5, 0.6) is 5.75 Å². The highest BCUT2D eigenvalue weighted by Crippen LogP contribution is 2.20. The Balaban J connectivity index is 1.79. The molecule has 1 N–H and O–H groups in total. The number of piperidine rings is 1. The topological polar surface area (TPSA) is 41.6 Å². The van der Waals surface area contributed by atoms with E-state index in [0.717, 1.165) is 38.2 Å². The number of carbonyl (C=O) groups excluding carboxylic acids is 1. The van der Waals surface area contributed by atoms with Crippen LogP contribution in [-0.4, -0.2) is 37.0 Å². The first-order chi connectivity index (χ1) is 10.1. The lowest BCUT2D eigenvalue weighted by Gasteiger charge is -2.31. The van der Waals surface area contributed by atoms with Crippen LogP contribution >= 0.6 is 0 Å². The van der Waals surface area contributed by atoms with Crippen molar-refractivity contribution in [2.45, 2.75) is 39.3 Å². The zero-order valence-electron chi connectivity index (χ0n) is 13.3. The average molecular weight is 290 g/mol. The summed E-state index contributed by atoms with van der Waals surface area (Å²) in [7, 11) is 1.68. The van der Waals surface area contributed by atoms with Gasteiger partial charge in [0, 0.05) is 18.5 Å². The number of amides is 1. The highest BCUT2D eigenvalue weighted by atomic mass is 16.5. The van der Waals surface area contributed by atoms with E-state index in [9.17, 15) is 4.79 Å². The molecule has 21 heavy (non-hydrogen) atoms. The number of hydrogen-bond donors (Lipinski definition) is 1.